The van der Waals surface area contributed by atoms with Crippen LogP contribution in [-0.4, -0.2) is 9.67 Å². The first-order chi connectivity index (χ1) is 11.4. The molecule has 0 spiro atoms. The molecule has 3 aromatic carbocycles. The maximum Gasteiger partial charge on any atom is 0.0682 e. The van der Waals surface area contributed by atoms with Crippen molar-refractivity contribution in [1.82, 2.24) is 4.57 Å². The molecule has 0 amide bonds. The van der Waals surface area contributed by atoms with Gasteiger partial charge in [0.2, 0.25) is 0 Å². The fourth-order valence-electron chi connectivity index (χ4n) is 3.33. The maximum absolute atomic E-state index is 9.42. The molecule has 2 heteroatoms. The number of hydrogen-bond acceptors (Lipinski definition) is 1. The Morgan fingerprint density at radius 1 is 0.696 bits per heavy atom. The lowest BCUT2D eigenvalue weighted by atomic mass is 10.1. The van der Waals surface area contributed by atoms with Crippen molar-refractivity contribution in [3.63, 3.8) is 0 Å². The zero-order valence-corrected chi connectivity index (χ0v) is 12.9. The van der Waals surface area contributed by atoms with Crippen LogP contribution in [0.3, 0.4) is 0 Å². The summed E-state index contributed by atoms with van der Waals surface area (Å²) in [6.45, 7) is 1.03. The summed E-state index contributed by atoms with van der Waals surface area (Å²) in [4.78, 5) is 0. The third kappa shape index (κ3) is 2.51. The van der Waals surface area contributed by atoms with E-state index in [9.17, 15) is 5.11 Å². The van der Waals surface area contributed by atoms with Crippen LogP contribution in [0, 0.1) is 0 Å². The van der Waals surface area contributed by atoms with Crippen molar-refractivity contribution in [2.24, 2.45) is 0 Å². The van der Waals surface area contributed by atoms with E-state index in [1.165, 1.54) is 27.4 Å². The van der Waals surface area contributed by atoms with Gasteiger partial charge in [-0.25, -0.2) is 0 Å². The Morgan fingerprint density at radius 2 is 1.43 bits per heavy atom. The summed E-state index contributed by atoms with van der Waals surface area (Å²) in [5.74, 6) is 0. The minimum atomic E-state index is 0.0828. The molecular formula is C21H19NO. The smallest absolute Gasteiger partial charge is 0.0682 e. The van der Waals surface area contributed by atoms with Gasteiger partial charge in [0.1, 0.15) is 0 Å². The second-order valence-electron chi connectivity index (χ2n) is 5.91. The van der Waals surface area contributed by atoms with Gasteiger partial charge in [0.25, 0.3) is 0 Å². The molecule has 1 aromatic heterocycles. The van der Waals surface area contributed by atoms with Gasteiger partial charge >= 0.3 is 0 Å². The fourth-order valence-corrected chi connectivity index (χ4v) is 3.33. The third-order valence-corrected chi connectivity index (χ3v) is 4.49. The largest absolute Gasteiger partial charge is 0.392 e. The monoisotopic (exact) mass is 301 g/mol. The molecule has 0 bridgehead atoms. The lowest BCUT2D eigenvalue weighted by molar-refractivity contribution is 0.282. The van der Waals surface area contributed by atoms with Crippen LogP contribution in [0.1, 0.15) is 11.1 Å². The summed E-state index contributed by atoms with van der Waals surface area (Å²) in [5, 5.41) is 11.9. The van der Waals surface area contributed by atoms with Crippen molar-refractivity contribution in [3.05, 3.63) is 83.9 Å². The average Bonchev–Trinajstić information content (AvgIpc) is 2.94. The topological polar surface area (TPSA) is 25.2 Å². The molecule has 1 N–H and O–H groups in total. The van der Waals surface area contributed by atoms with Crippen molar-refractivity contribution in [3.8, 4) is 0 Å². The second kappa shape index (κ2) is 5.90. The summed E-state index contributed by atoms with van der Waals surface area (Å²) >= 11 is 0. The van der Waals surface area contributed by atoms with E-state index in [0.29, 0.717) is 0 Å². The van der Waals surface area contributed by atoms with E-state index in [1.807, 2.05) is 6.07 Å². The summed E-state index contributed by atoms with van der Waals surface area (Å²) in [6, 6.07) is 25.4. The number of fused-ring (bicyclic) bond motifs is 3. The molecule has 0 unspecified atom stereocenters. The zero-order valence-electron chi connectivity index (χ0n) is 12.9. The molecule has 0 aliphatic heterocycles. The molecule has 0 atom stereocenters. The van der Waals surface area contributed by atoms with Gasteiger partial charge < -0.3 is 9.67 Å². The highest BCUT2D eigenvalue weighted by Crippen LogP contribution is 2.30. The molecule has 0 aliphatic rings. The van der Waals surface area contributed by atoms with E-state index >= 15 is 0 Å². The van der Waals surface area contributed by atoms with Crippen LogP contribution in [0.4, 0.5) is 0 Å². The Labute approximate surface area is 135 Å². The number of hydrogen-bond donors (Lipinski definition) is 1. The summed E-state index contributed by atoms with van der Waals surface area (Å²) < 4.78 is 2.39. The maximum atomic E-state index is 9.42. The van der Waals surface area contributed by atoms with Crippen LogP contribution in [0.15, 0.2) is 72.8 Å². The molecule has 0 fully saturated rings. The van der Waals surface area contributed by atoms with Crippen LogP contribution >= 0.6 is 0 Å². The van der Waals surface area contributed by atoms with Crippen LogP contribution in [0.5, 0.6) is 0 Å². The molecule has 0 radical (unpaired) electrons. The Bertz CT molecular complexity index is 954. The van der Waals surface area contributed by atoms with E-state index in [2.05, 4.69) is 71.3 Å². The van der Waals surface area contributed by atoms with Crippen molar-refractivity contribution < 1.29 is 5.11 Å². The van der Waals surface area contributed by atoms with Gasteiger partial charge in [-0.3, -0.25) is 0 Å². The summed E-state index contributed by atoms with van der Waals surface area (Å²) in [5.41, 5.74) is 4.81. The van der Waals surface area contributed by atoms with E-state index in [4.69, 9.17) is 0 Å². The van der Waals surface area contributed by atoms with Gasteiger partial charge in [-0.15, -0.1) is 0 Å². The summed E-state index contributed by atoms with van der Waals surface area (Å²) in [7, 11) is 0. The van der Waals surface area contributed by atoms with Gasteiger partial charge in [0.15, 0.2) is 0 Å². The number of benzene rings is 3. The third-order valence-electron chi connectivity index (χ3n) is 4.49. The first-order valence-electron chi connectivity index (χ1n) is 8.01. The molecule has 4 rings (SSSR count). The van der Waals surface area contributed by atoms with Gasteiger partial charge in [-0.2, -0.15) is 0 Å². The van der Waals surface area contributed by atoms with Crippen molar-refractivity contribution in [2.75, 3.05) is 0 Å². The van der Waals surface area contributed by atoms with Gasteiger partial charge in [0.05, 0.1) is 6.61 Å². The highest BCUT2D eigenvalue weighted by atomic mass is 16.3. The first kappa shape index (κ1) is 14.0. The second-order valence-corrected chi connectivity index (χ2v) is 5.91. The number of aryl methyl sites for hydroxylation is 2. The Hall–Kier alpha value is -2.58. The zero-order chi connectivity index (χ0) is 15.6. The van der Waals surface area contributed by atoms with Crippen LogP contribution in [-0.2, 0) is 19.6 Å². The standard InChI is InChI=1S/C21H19NO/c23-15-17-10-11-21-19(14-17)18-8-4-5-9-20(18)22(21)13-12-16-6-2-1-3-7-16/h1-11,14,23H,12-13,15H2. The van der Waals surface area contributed by atoms with Gasteiger partial charge in [-0.1, -0.05) is 54.6 Å². The molecule has 23 heavy (non-hydrogen) atoms. The number of nitrogens with zero attached hydrogens (tertiary/aromatic N) is 1. The van der Waals surface area contributed by atoms with Gasteiger partial charge in [-0.05, 0) is 35.7 Å². The minimum absolute atomic E-state index is 0.0828. The fraction of sp³-hybridized carbons (Fsp3) is 0.143. The van der Waals surface area contributed by atoms with Gasteiger partial charge in [0, 0.05) is 28.4 Å². The predicted octanol–water partition coefficient (Wildman–Crippen LogP) is 4.53. The highest BCUT2D eigenvalue weighted by molar-refractivity contribution is 6.08. The summed E-state index contributed by atoms with van der Waals surface area (Å²) in [6.07, 6.45) is 1.01. The lowest BCUT2D eigenvalue weighted by Gasteiger charge is -2.08. The number of aromatic nitrogens is 1. The van der Waals surface area contributed by atoms with E-state index in [0.717, 1.165) is 18.5 Å². The van der Waals surface area contributed by atoms with E-state index in [-0.39, 0.29) is 6.61 Å². The van der Waals surface area contributed by atoms with Crippen molar-refractivity contribution in [1.29, 1.82) is 0 Å². The molecule has 0 aliphatic carbocycles. The molecule has 2 nitrogen and oxygen atoms in total. The molecule has 0 saturated carbocycles. The SMILES string of the molecule is OCc1ccc2c(c1)c1ccccc1n2CCc1ccccc1. The van der Waals surface area contributed by atoms with E-state index in [1.54, 1.807) is 0 Å². The molecule has 1 heterocycles. The minimum Gasteiger partial charge on any atom is -0.392 e. The number of aliphatic hydroxyl groups is 1. The molecule has 0 saturated heterocycles. The Balaban J connectivity index is 1.83. The average molecular weight is 301 g/mol. The number of rotatable bonds is 4. The lowest BCUT2D eigenvalue weighted by Crippen LogP contribution is -2.01. The quantitative estimate of drug-likeness (QED) is 0.588. The highest BCUT2D eigenvalue weighted by Gasteiger charge is 2.10. The first-order valence-corrected chi connectivity index (χ1v) is 8.01. The van der Waals surface area contributed by atoms with Crippen LogP contribution in [0.2, 0.25) is 0 Å². The van der Waals surface area contributed by atoms with Crippen molar-refractivity contribution >= 4 is 21.8 Å². The molecule has 4 aromatic rings. The molecule has 114 valence electrons. The van der Waals surface area contributed by atoms with Crippen LogP contribution in [0.25, 0.3) is 21.8 Å². The Kier molecular flexibility index (Phi) is 3.60. The number of para-hydroxylation sites is 1. The normalized spacial score (nSPS) is 11.3. The van der Waals surface area contributed by atoms with E-state index < -0.39 is 0 Å². The molecular weight excluding hydrogens is 282 g/mol. The van der Waals surface area contributed by atoms with Crippen LogP contribution < -0.4 is 0 Å². The Morgan fingerprint density at radius 3 is 2.26 bits per heavy atom. The predicted molar refractivity (Wildman–Crippen MR) is 95.5 cm³/mol. The number of aliphatic hydroxyl groups excluding tert-OH is 1. The van der Waals surface area contributed by atoms with Crippen molar-refractivity contribution in [2.45, 2.75) is 19.6 Å².